The Morgan fingerprint density at radius 1 is 1.20 bits per heavy atom. The molecular weight excluding hydrogens is 316 g/mol. The summed E-state index contributed by atoms with van der Waals surface area (Å²) >= 11 is 0. The number of nitrogens with one attached hydrogen (secondary N) is 1. The highest BCUT2D eigenvalue weighted by atomic mass is 16.5. The van der Waals surface area contributed by atoms with E-state index in [2.05, 4.69) is 32.3 Å². The second kappa shape index (κ2) is 12.6. The lowest BCUT2D eigenvalue weighted by Crippen LogP contribution is -2.49. The van der Waals surface area contributed by atoms with E-state index in [4.69, 9.17) is 4.74 Å². The van der Waals surface area contributed by atoms with Crippen LogP contribution in [0.25, 0.3) is 0 Å². The van der Waals surface area contributed by atoms with E-state index in [1.54, 1.807) is 18.9 Å². The first-order chi connectivity index (χ1) is 11.8. The quantitative estimate of drug-likeness (QED) is 0.305. The van der Waals surface area contributed by atoms with Crippen LogP contribution in [0.15, 0.2) is 25.3 Å². The van der Waals surface area contributed by atoms with Gasteiger partial charge in [-0.2, -0.15) is 0 Å². The predicted octanol–water partition coefficient (Wildman–Crippen LogP) is 4.30. The molecule has 0 unspecified atom stereocenters. The summed E-state index contributed by atoms with van der Waals surface area (Å²) in [6.45, 7) is 14.3. The number of ether oxygens (including phenoxy) is 1. The second-order valence-corrected chi connectivity index (χ2v) is 7.19. The van der Waals surface area contributed by atoms with E-state index in [9.17, 15) is 9.59 Å². The maximum absolute atomic E-state index is 12.4. The molecule has 0 aromatic carbocycles. The van der Waals surface area contributed by atoms with Gasteiger partial charge in [0.25, 0.3) is 0 Å². The van der Waals surface area contributed by atoms with Crippen LogP contribution in [0.5, 0.6) is 0 Å². The lowest BCUT2D eigenvalue weighted by Gasteiger charge is -2.30. The van der Waals surface area contributed by atoms with E-state index in [0.717, 1.165) is 32.1 Å². The molecule has 144 valence electrons. The van der Waals surface area contributed by atoms with Gasteiger partial charge in [0.1, 0.15) is 6.04 Å². The molecule has 0 aliphatic carbocycles. The topological polar surface area (TPSA) is 58.6 Å². The number of carbonyl (C=O) groups is 2. The van der Waals surface area contributed by atoms with E-state index in [0.29, 0.717) is 19.6 Å². The molecule has 0 saturated carbocycles. The van der Waals surface area contributed by atoms with E-state index in [-0.39, 0.29) is 17.4 Å². The van der Waals surface area contributed by atoms with Crippen molar-refractivity contribution in [3.8, 4) is 0 Å². The first kappa shape index (κ1) is 23.2. The van der Waals surface area contributed by atoms with Crippen LogP contribution in [0.3, 0.4) is 0 Å². The predicted molar refractivity (Wildman–Crippen MR) is 103 cm³/mol. The summed E-state index contributed by atoms with van der Waals surface area (Å²) in [7, 11) is 1.74. The maximum Gasteiger partial charge on any atom is 0.328 e. The molecule has 1 atom stereocenters. The van der Waals surface area contributed by atoms with Crippen molar-refractivity contribution in [2.75, 3.05) is 20.2 Å². The fraction of sp³-hybridized carbons (Fsp3) is 0.700. The van der Waals surface area contributed by atoms with Crippen molar-refractivity contribution in [1.29, 1.82) is 0 Å². The van der Waals surface area contributed by atoms with Gasteiger partial charge in [-0.05, 0) is 38.0 Å². The van der Waals surface area contributed by atoms with Gasteiger partial charge in [-0.25, -0.2) is 9.59 Å². The third-order valence-corrected chi connectivity index (χ3v) is 3.98. The van der Waals surface area contributed by atoms with Crippen molar-refractivity contribution >= 4 is 12.0 Å². The SMILES string of the molecule is C=CCCCCC[C@@H](NC(=O)N(C)CC(C)(C)CC=C)C(=O)OCC. The molecule has 0 heterocycles. The van der Waals surface area contributed by atoms with Gasteiger partial charge in [0.05, 0.1) is 6.61 Å². The van der Waals surface area contributed by atoms with Crippen LogP contribution >= 0.6 is 0 Å². The molecule has 0 aliphatic rings. The van der Waals surface area contributed by atoms with Gasteiger partial charge in [0, 0.05) is 13.6 Å². The molecule has 0 saturated heterocycles. The van der Waals surface area contributed by atoms with Crippen LogP contribution in [0.2, 0.25) is 0 Å². The summed E-state index contributed by atoms with van der Waals surface area (Å²) in [6.07, 6.45) is 9.03. The van der Waals surface area contributed by atoms with E-state index in [1.807, 2.05) is 12.2 Å². The van der Waals surface area contributed by atoms with Gasteiger partial charge >= 0.3 is 12.0 Å². The van der Waals surface area contributed by atoms with Crippen molar-refractivity contribution in [3.05, 3.63) is 25.3 Å². The van der Waals surface area contributed by atoms with Gasteiger partial charge in [-0.15, -0.1) is 13.2 Å². The van der Waals surface area contributed by atoms with Crippen LogP contribution in [0, 0.1) is 5.41 Å². The summed E-state index contributed by atoms with van der Waals surface area (Å²) in [5.74, 6) is -0.363. The number of hydrogen-bond donors (Lipinski definition) is 1. The molecule has 1 N–H and O–H groups in total. The fourth-order valence-corrected chi connectivity index (χ4v) is 2.73. The van der Waals surface area contributed by atoms with Crippen LogP contribution in [-0.4, -0.2) is 43.1 Å². The standard InChI is InChI=1S/C20H36N2O3/c1-7-10-11-12-13-14-17(18(23)25-9-3)21-19(24)22(6)16-20(4,5)15-8-2/h7-8,17H,1-2,9-16H2,3-6H3,(H,21,24)/t17-/m1/s1. The smallest absolute Gasteiger partial charge is 0.328 e. The van der Waals surface area contributed by atoms with Crippen LogP contribution in [0.4, 0.5) is 4.79 Å². The third-order valence-electron chi connectivity index (χ3n) is 3.98. The highest BCUT2D eigenvalue weighted by Crippen LogP contribution is 2.21. The molecular formula is C20H36N2O3. The molecule has 2 amide bonds. The van der Waals surface area contributed by atoms with Gasteiger partial charge in [0.2, 0.25) is 0 Å². The molecule has 0 radical (unpaired) electrons. The number of carbonyl (C=O) groups excluding carboxylic acids is 2. The highest BCUT2D eigenvalue weighted by molar-refractivity contribution is 5.83. The number of hydrogen-bond acceptors (Lipinski definition) is 3. The first-order valence-corrected chi connectivity index (χ1v) is 9.17. The molecule has 25 heavy (non-hydrogen) atoms. The van der Waals surface area contributed by atoms with Crippen LogP contribution in [-0.2, 0) is 9.53 Å². The maximum atomic E-state index is 12.4. The van der Waals surface area contributed by atoms with Gasteiger partial charge < -0.3 is 15.0 Å². The molecule has 5 heteroatoms. The minimum absolute atomic E-state index is 0.0576. The molecule has 0 fully saturated rings. The van der Waals surface area contributed by atoms with Crippen molar-refractivity contribution in [3.63, 3.8) is 0 Å². The number of unbranched alkanes of at least 4 members (excludes halogenated alkanes) is 3. The zero-order chi connectivity index (χ0) is 19.3. The zero-order valence-corrected chi connectivity index (χ0v) is 16.5. The average Bonchev–Trinajstić information content (AvgIpc) is 2.52. The van der Waals surface area contributed by atoms with Crippen LogP contribution < -0.4 is 5.32 Å². The van der Waals surface area contributed by atoms with Crippen LogP contribution in [0.1, 0.15) is 59.3 Å². The molecule has 0 aromatic rings. The molecule has 0 aromatic heterocycles. The highest BCUT2D eigenvalue weighted by Gasteiger charge is 2.26. The number of esters is 1. The van der Waals surface area contributed by atoms with Crippen molar-refractivity contribution in [2.24, 2.45) is 5.41 Å². The van der Waals surface area contributed by atoms with E-state index >= 15 is 0 Å². The number of rotatable bonds is 13. The number of allylic oxidation sites excluding steroid dienone is 2. The van der Waals surface area contributed by atoms with Crippen molar-refractivity contribution in [1.82, 2.24) is 10.2 Å². The Bertz CT molecular complexity index is 433. The zero-order valence-electron chi connectivity index (χ0n) is 16.5. The Morgan fingerprint density at radius 3 is 2.44 bits per heavy atom. The summed E-state index contributed by atoms with van der Waals surface area (Å²) in [4.78, 5) is 26.2. The Kier molecular flexibility index (Phi) is 11.7. The van der Waals surface area contributed by atoms with Crippen molar-refractivity contribution in [2.45, 2.75) is 65.3 Å². The van der Waals surface area contributed by atoms with Gasteiger partial charge in [-0.1, -0.05) is 38.8 Å². The summed E-state index contributed by atoms with van der Waals surface area (Å²) in [5, 5.41) is 2.82. The summed E-state index contributed by atoms with van der Waals surface area (Å²) in [6, 6.07) is -0.845. The fourth-order valence-electron chi connectivity index (χ4n) is 2.73. The third kappa shape index (κ3) is 10.6. The van der Waals surface area contributed by atoms with Gasteiger partial charge in [0.15, 0.2) is 0 Å². The average molecular weight is 353 g/mol. The minimum Gasteiger partial charge on any atom is -0.464 e. The second-order valence-electron chi connectivity index (χ2n) is 7.19. The van der Waals surface area contributed by atoms with E-state index < -0.39 is 6.04 Å². The Morgan fingerprint density at radius 2 is 1.88 bits per heavy atom. The molecule has 0 rings (SSSR count). The molecule has 0 aliphatic heterocycles. The summed E-state index contributed by atoms with van der Waals surface area (Å²) in [5.41, 5.74) is -0.0576. The normalized spacial score (nSPS) is 12.2. The Balaban J connectivity index is 4.64. The Hall–Kier alpha value is -1.78. The largest absolute Gasteiger partial charge is 0.464 e. The monoisotopic (exact) mass is 352 g/mol. The summed E-state index contributed by atoms with van der Waals surface area (Å²) < 4.78 is 5.10. The van der Waals surface area contributed by atoms with Crippen molar-refractivity contribution < 1.29 is 14.3 Å². The lowest BCUT2D eigenvalue weighted by atomic mass is 9.89. The van der Waals surface area contributed by atoms with E-state index in [1.165, 1.54) is 0 Å². The lowest BCUT2D eigenvalue weighted by molar-refractivity contribution is -0.145. The van der Waals surface area contributed by atoms with Gasteiger partial charge in [-0.3, -0.25) is 0 Å². The number of urea groups is 1. The number of amides is 2. The number of nitrogens with zero attached hydrogens (tertiary/aromatic N) is 1. The first-order valence-electron chi connectivity index (χ1n) is 9.17. The molecule has 5 nitrogen and oxygen atoms in total. The molecule has 0 spiro atoms. The molecule has 0 bridgehead atoms. The minimum atomic E-state index is -0.596. The Labute approximate surface area is 153 Å².